The molecule has 6 nitrogen and oxygen atoms in total. The SMILES string of the molecule is CCc1c(NN)ncnc1N(C)CCN(C)C. The Morgan fingerprint density at radius 2 is 1.94 bits per heavy atom. The van der Waals surface area contributed by atoms with Gasteiger partial charge in [0, 0.05) is 25.7 Å². The molecule has 0 radical (unpaired) electrons. The molecule has 0 atom stereocenters. The molecule has 0 saturated carbocycles. The van der Waals surface area contributed by atoms with Crippen LogP contribution in [-0.2, 0) is 6.42 Å². The fraction of sp³-hybridized carbons (Fsp3) is 0.636. The predicted molar refractivity (Wildman–Crippen MR) is 71.0 cm³/mol. The largest absolute Gasteiger partial charge is 0.358 e. The molecule has 0 spiro atoms. The van der Waals surface area contributed by atoms with Crippen LogP contribution < -0.4 is 16.2 Å². The maximum absolute atomic E-state index is 5.45. The van der Waals surface area contributed by atoms with Crippen LogP contribution in [0.1, 0.15) is 12.5 Å². The summed E-state index contributed by atoms with van der Waals surface area (Å²) in [6.45, 7) is 3.97. The molecule has 0 aliphatic carbocycles. The minimum atomic E-state index is 0.703. The molecule has 1 aromatic heterocycles. The predicted octanol–water partition coefficient (Wildman–Crippen LogP) is 0.322. The highest BCUT2D eigenvalue weighted by atomic mass is 15.3. The Kier molecular flexibility index (Phi) is 5.11. The number of hydrogen-bond acceptors (Lipinski definition) is 6. The Morgan fingerprint density at radius 3 is 2.47 bits per heavy atom. The first-order valence-corrected chi connectivity index (χ1v) is 5.76. The lowest BCUT2D eigenvalue weighted by Gasteiger charge is -2.23. The minimum absolute atomic E-state index is 0.703. The van der Waals surface area contributed by atoms with Crippen LogP contribution in [0.5, 0.6) is 0 Å². The summed E-state index contributed by atoms with van der Waals surface area (Å²) in [6.07, 6.45) is 2.39. The molecule has 0 unspecified atom stereocenters. The molecular formula is C11H22N6. The number of hydrazine groups is 1. The van der Waals surface area contributed by atoms with Gasteiger partial charge < -0.3 is 15.2 Å². The van der Waals surface area contributed by atoms with Gasteiger partial charge in [-0.3, -0.25) is 0 Å². The van der Waals surface area contributed by atoms with Crippen LogP contribution in [0.3, 0.4) is 0 Å². The number of nitrogens with one attached hydrogen (secondary N) is 1. The Labute approximate surface area is 103 Å². The molecular weight excluding hydrogens is 216 g/mol. The van der Waals surface area contributed by atoms with Crippen molar-refractivity contribution in [3.8, 4) is 0 Å². The van der Waals surface area contributed by atoms with Gasteiger partial charge in [0.05, 0.1) is 0 Å². The monoisotopic (exact) mass is 238 g/mol. The zero-order valence-electron chi connectivity index (χ0n) is 11.1. The van der Waals surface area contributed by atoms with E-state index in [0.29, 0.717) is 5.82 Å². The van der Waals surface area contributed by atoms with Gasteiger partial charge in [0.2, 0.25) is 0 Å². The van der Waals surface area contributed by atoms with E-state index in [-0.39, 0.29) is 0 Å². The molecule has 0 aromatic carbocycles. The first-order chi connectivity index (χ1) is 8.10. The Hall–Kier alpha value is -1.40. The van der Waals surface area contributed by atoms with Crippen LogP contribution in [0.2, 0.25) is 0 Å². The van der Waals surface area contributed by atoms with Crippen LogP contribution in [0.15, 0.2) is 6.33 Å². The van der Waals surface area contributed by atoms with Crippen molar-refractivity contribution in [3.05, 3.63) is 11.9 Å². The topological polar surface area (TPSA) is 70.3 Å². The summed E-state index contributed by atoms with van der Waals surface area (Å²) in [7, 11) is 6.15. The lowest BCUT2D eigenvalue weighted by molar-refractivity contribution is 0.416. The van der Waals surface area contributed by atoms with Gasteiger partial charge in [-0.05, 0) is 20.5 Å². The molecule has 1 aromatic rings. The number of likely N-dealkylation sites (N-methyl/N-ethyl adjacent to an activating group) is 2. The number of nitrogen functional groups attached to an aromatic ring is 1. The molecule has 0 saturated heterocycles. The van der Waals surface area contributed by atoms with Crippen molar-refractivity contribution >= 4 is 11.6 Å². The first kappa shape index (κ1) is 13.7. The van der Waals surface area contributed by atoms with Gasteiger partial charge in [0.15, 0.2) is 0 Å². The molecule has 0 bridgehead atoms. The molecule has 1 rings (SSSR count). The molecule has 17 heavy (non-hydrogen) atoms. The number of rotatable bonds is 6. The number of aromatic nitrogens is 2. The zero-order valence-corrected chi connectivity index (χ0v) is 11.1. The third-order valence-electron chi connectivity index (χ3n) is 2.66. The number of nitrogens with two attached hydrogens (primary N) is 1. The third kappa shape index (κ3) is 3.54. The molecule has 1 heterocycles. The Bertz CT molecular complexity index is 352. The van der Waals surface area contributed by atoms with Crippen LogP contribution in [0.4, 0.5) is 11.6 Å². The van der Waals surface area contributed by atoms with Crippen LogP contribution >= 0.6 is 0 Å². The summed E-state index contributed by atoms with van der Waals surface area (Å²) in [4.78, 5) is 12.7. The van der Waals surface area contributed by atoms with E-state index < -0.39 is 0 Å². The Morgan fingerprint density at radius 1 is 1.24 bits per heavy atom. The summed E-state index contributed by atoms with van der Waals surface area (Å²) in [5, 5.41) is 0. The van der Waals surface area contributed by atoms with Crippen LogP contribution in [0.25, 0.3) is 0 Å². The third-order valence-corrected chi connectivity index (χ3v) is 2.66. The van der Waals surface area contributed by atoms with Crippen molar-refractivity contribution in [2.45, 2.75) is 13.3 Å². The first-order valence-electron chi connectivity index (χ1n) is 5.76. The standard InChI is InChI=1S/C11H22N6/c1-5-9-10(15-12)13-8-14-11(9)17(4)7-6-16(2)3/h8H,5-7,12H2,1-4H3,(H,13,14,15). The van der Waals surface area contributed by atoms with Gasteiger partial charge in [0.25, 0.3) is 0 Å². The fourth-order valence-corrected chi connectivity index (χ4v) is 1.64. The van der Waals surface area contributed by atoms with E-state index in [9.17, 15) is 0 Å². The molecule has 96 valence electrons. The van der Waals surface area contributed by atoms with E-state index in [2.05, 4.69) is 46.2 Å². The van der Waals surface area contributed by atoms with Gasteiger partial charge in [-0.15, -0.1) is 0 Å². The molecule has 0 aliphatic rings. The molecule has 0 fully saturated rings. The number of anilines is 2. The van der Waals surface area contributed by atoms with Gasteiger partial charge in [-0.2, -0.15) is 0 Å². The van der Waals surface area contributed by atoms with Crippen molar-refractivity contribution in [3.63, 3.8) is 0 Å². The van der Waals surface area contributed by atoms with Gasteiger partial charge in [-0.1, -0.05) is 6.92 Å². The average Bonchev–Trinajstić information content (AvgIpc) is 2.34. The normalized spacial score (nSPS) is 10.7. The van der Waals surface area contributed by atoms with E-state index in [1.165, 1.54) is 6.33 Å². The van der Waals surface area contributed by atoms with Crippen molar-refractivity contribution < 1.29 is 0 Å². The van der Waals surface area contributed by atoms with Crippen molar-refractivity contribution in [2.75, 3.05) is 44.6 Å². The molecule has 3 N–H and O–H groups in total. The summed E-state index contributed by atoms with van der Waals surface area (Å²) in [5.41, 5.74) is 3.67. The highest BCUT2D eigenvalue weighted by molar-refractivity contribution is 5.57. The van der Waals surface area contributed by atoms with Gasteiger partial charge >= 0.3 is 0 Å². The van der Waals surface area contributed by atoms with E-state index >= 15 is 0 Å². The molecule has 6 heteroatoms. The average molecular weight is 238 g/mol. The second-order valence-corrected chi connectivity index (χ2v) is 4.25. The quantitative estimate of drug-likeness (QED) is 0.549. The van der Waals surface area contributed by atoms with E-state index in [4.69, 9.17) is 5.84 Å². The van der Waals surface area contributed by atoms with Gasteiger partial charge in [-0.25, -0.2) is 15.8 Å². The van der Waals surface area contributed by atoms with E-state index in [0.717, 1.165) is 30.9 Å². The molecule has 0 amide bonds. The van der Waals surface area contributed by atoms with Crippen molar-refractivity contribution in [2.24, 2.45) is 5.84 Å². The number of nitrogens with zero attached hydrogens (tertiary/aromatic N) is 4. The lowest BCUT2D eigenvalue weighted by atomic mass is 10.2. The number of hydrogen-bond donors (Lipinski definition) is 2. The summed E-state index contributed by atoms with van der Waals surface area (Å²) < 4.78 is 0. The zero-order chi connectivity index (χ0) is 12.8. The van der Waals surface area contributed by atoms with Crippen LogP contribution in [-0.4, -0.2) is 49.1 Å². The smallest absolute Gasteiger partial charge is 0.148 e. The second-order valence-electron chi connectivity index (χ2n) is 4.25. The van der Waals surface area contributed by atoms with E-state index in [1.54, 1.807) is 0 Å². The van der Waals surface area contributed by atoms with Crippen molar-refractivity contribution in [1.29, 1.82) is 0 Å². The summed E-state index contributed by atoms with van der Waals surface area (Å²) >= 11 is 0. The minimum Gasteiger partial charge on any atom is -0.358 e. The summed E-state index contributed by atoms with van der Waals surface area (Å²) in [5.74, 6) is 7.10. The maximum atomic E-state index is 5.45. The Balaban J connectivity index is 2.88. The van der Waals surface area contributed by atoms with Gasteiger partial charge in [0.1, 0.15) is 18.0 Å². The maximum Gasteiger partial charge on any atom is 0.148 e. The lowest BCUT2D eigenvalue weighted by Crippen LogP contribution is -2.30. The van der Waals surface area contributed by atoms with E-state index in [1.807, 2.05) is 7.05 Å². The second kappa shape index (κ2) is 6.36. The highest BCUT2D eigenvalue weighted by Crippen LogP contribution is 2.22. The van der Waals surface area contributed by atoms with Crippen molar-refractivity contribution in [1.82, 2.24) is 14.9 Å². The molecule has 0 aliphatic heterocycles. The van der Waals surface area contributed by atoms with Crippen LogP contribution in [0, 0.1) is 0 Å². The highest BCUT2D eigenvalue weighted by Gasteiger charge is 2.12. The fourth-order valence-electron chi connectivity index (χ4n) is 1.64. The summed E-state index contributed by atoms with van der Waals surface area (Å²) in [6, 6.07) is 0.